The fourth-order valence-corrected chi connectivity index (χ4v) is 1.85. The maximum atomic E-state index is 11.8. The molecule has 2 aromatic rings. The van der Waals surface area contributed by atoms with E-state index in [9.17, 15) is 19.7 Å². The molecule has 8 heteroatoms. The van der Waals surface area contributed by atoms with Crippen LogP contribution in [-0.2, 0) is 9.53 Å². The lowest BCUT2D eigenvalue weighted by atomic mass is 10.2. The maximum absolute atomic E-state index is 11.8. The molecule has 124 valence electrons. The fraction of sp³-hybridized carbons (Fsp3) is 0.125. The van der Waals surface area contributed by atoms with Crippen LogP contribution in [0.1, 0.15) is 10.4 Å². The predicted molar refractivity (Wildman–Crippen MR) is 85.0 cm³/mol. The van der Waals surface area contributed by atoms with Crippen LogP contribution in [0.4, 0.5) is 11.4 Å². The molecule has 1 N–H and O–H groups in total. The van der Waals surface area contributed by atoms with Gasteiger partial charge in [-0.15, -0.1) is 0 Å². The SMILES string of the molecule is COC(=O)c1ccc(OCC(=O)Nc2cccc([N+](=O)[O-])c2)cc1. The van der Waals surface area contributed by atoms with Crippen LogP contribution in [0.2, 0.25) is 0 Å². The number of benzene rings is 2. The van der Waals surface area contributed by atoms with Crippen LogP contribution < -0.4 is 10.1 Å². The molecule has 0 aliphatic carbocycles. The van der Waals surface area contributed by atoms with Gasteiger partial charge < -0.3 is 14.8 Å². The van der Waals surface area contributed by atoms with E-state index in [4.69, 9.17) is 4.74 Å². The Hall–Kier alpha value is -3.42. The van der Waals surface area contributed by atoms with Gasteiger partial charge in [0.15, 0.2) is 6.61 Å². The summed E-state index contributed by atoms with van der Waals surface area (Å²) in [6.07, 6.45) is 0. The van der Waals surface area contributed by atoms with E-state index in [1.54, 1.807) is 0 Å². The van der Waals surface area contributed by atoms with Gasteiger partial charge in [0.2, 0.25) is 0 Å². The van der Waals surface area contributed by atoms with Gasteiger partial charge >= 0.3 is 5.97 Å². The molecule has 0 aromatic heterocycles. The molecule has 1 amide bonds. The second-order valence-corrected chi connectivity index (χ2v) is 4.66. The van der Waals surface area contributed by atoms with Crippen molar-refractivity contribution in [1.82, 2.24) is 0 Å². The number of anilines is 1. The summed E-state index contributed by atoms with van der Waals surface area (Å²) < 4.78 is 9.86. The molecule has 2 aromatic carbocycles. The number of carbonyl (C=O) groups is 2. The Morgan fingerprint density at radius 1 is 1.17 bits per heavy atom. The standard InChI is InChI=1S/C16H14N2O6/c1-23-16(20)11-5-7-14(8-6-11)24-10-15(19)17-12-3-2-4-13(9-12)18(21)22/h2-9H,10H2,1H3,(H,17,19). The van der Waals surface area contributed by atoms with Gasteiger partial charge in [0, 0.05) is 17.8 Å². The van der Waals surface area contributed by atoms with Crippen LogP contribution in [0.15, 0.2) is 48.5 Å². The molecular weight excluding hydrogens is 316 g/mol. The lowest BCUT2D eigenvalue weighted by Crippen LogP contribution is -2.20. The molecule has 0 saturated heterocycles. The number of nitrogens with one attached hydrogen (secondary N) is 1. The summed E-state index contributed by atoms with van der Waals surface area (Å²) in [6.45, 7) is -0.278. The zero-order chi connectivity index (χ0) is 17.5. The Morgan fingerprint density at radius 3 is 2.50 bits per heavy atom. The monoisotopic (exact) mass is 330 g/mol. The van der Waals surface area contributed by atoms with Crippen LogP contribution in [0.3, 0.4) is 0 Å². The zero-order valence-electron chi connectivity index (χ0n) is 12.7. The quantitative estimate of drug-likeness (QED) is 0.495. The number of rotatable bonds is 6. The summed E-state index contributed by atoms with van der Waals surface area (Å²) in [7, 11) is 1.28. The summed E-state index contributed by atoms with van der Waals surface area (Å²) in [6, 6.07) is 11.7. The fourth-order valence-electron chi connectivity index (χ4n) is 1.85. The molecule has 2 rings (SSSR count). The van der Waals surface area contributed by atoms with Crippen LogP contribution in [0.25, 0.3) is 0 Å². The number of esters is 1. The number of nitrogens with zero attached hydrogens (tertiary/aromatic N) is 1. The van der Waals surface area contributed by atoms with Crippen LogP contribution in [0.5, 0.6) is 5.75 Å². The van der Waals surface area contributed by atoms with Crippen molar-refractivity contribution in [2.45, 2.75) is 0 Å². The molecule has 0 spiro atoms. The summed E-state index contributed by atoms with van der Waals surface area (Å²) in [4.78, 5) is 33.2. The van der Waals surface area contributed by atoms with Gasteiger partial charge in [-0.1, -0.05) is 6.07 Å². The van der Waals surface area contributed by atoms with E-state index in [0.717, 1.165) is 0 Å². The minimum Gasteiger partial charge on any atom is -0.484 e. The third kappa shape index (κ3) is 4.54. The lowest BCUT2D eigenvalue weighted by molar-refractivity contribution is -0.384. The van der Waals surface area contributed by atoms with Crippen molar-refractivity contribution in [3.8, 4) is 5.75 Å². The average Bonchev–Trinajstić information content (AvgIpc) is 2.60. The highest BCUT2D eigenvalue weighted by Crippen LogP contribution is 2.17. The second kappa shape index (κ2) is 7.73. The number of nitro benzene ring substituents is 1. The van der Waals surface area contributed by atoms with Gasteiger partial charge in [-0.25, -0.2) is 4.79 Å². The molecule has 8 nitrogen and oxygen atoms in total. The second-order valence-electron chi connectivity index (χ2n) is 4.66. The molecule has 0 atom stereocenters. The Bertz CT molecular complexity index is 757. The van der Waals surface area contributed by atoms with E-state index >= 15 is 0 Å². The molecule has 0 heterocycles. The third-order valence-corrected chi connectivity index (χ3v) is 2.99. The summed E-state index contributed by atoms with van der Waals surface area (Å²) >= 11 is 0. The topological polar surface area (TPSA) is 108 Å². The molecule has 0 bridgehead atoms. The normalized spacial score (nSPS) is 9.88. The summed E-state index contributed by atoms with van der Waals surface area (Å²) in [5.74, 6) is -0.533. The Balaban J connectivity index is 1.90. The molecule has 0 fully saturated rings. The number of ether oxygens (including phenoxy) is 2. The highest BCUT2D eigenvalue weighted by atomic mass is 16.6. The van der Waals surface area contributed by atoms with Crippen LogP contribution >= 0.6 is 0 Å². The van der Waals surface area contributed by atoms with E-state index in [0.29, 0.717) is 17.0 Å². The number of hydrogen-bond donors (Lipinski definition) is 1. The van der Waals surface area contributed by atoms with Gasteiger partial charge in [-0.2, -0.15) is 0 Å². The van der Waals surface area contributed by atoms with E-state index in [1.165, 1.54) is 55.6 Å². The van der Waals surface area contributed by atoms with E-state index in [2.05, 4.69) is 10.1 Å². The number of methoxy groups -OCH3 is 1. The first-order chi connectivity index (χ1) is 11.5. The number of non-ortho nitro benzene ring substituents is 1. The first-order valence-corrected chi connectivity index (χ1v) is 6.85. The van der Waals surface area contributed by atoms with Crippen molar-refractivity contribution in [1.29, 1.82) is 0 Å². The lowest BCUT2D eigenvalue weighted by Gasteiger charge is -2.08. The molecule has 0 saturated carbocycles. The number of nitro groups is 1. The summed E-state index contributed by atoms with van der Waals surface area (Å²) in [5.41, 5.74) is 0.553. The molecule has 24 heavy (non-hydrogen) atoms. The first kappa shape index (κ1) is 16.9. The molecule has 0 aliphatic heterocycles. The maximum Gasteiger partial charge on any atom is 0.337 e. The Morgan fingerprint density at radius 2 is 1.88 bits per heavy atom. The summed E-state index contributed by atoms with van der Waals surface area (Å²) in [5, 5.41) is 13.2. The molecule has 0 unspecified atom stereocenters. The third-order valence-electron chi connectivity index (χ3n) is 2.99. The molecule has 0 radical (unpaired) electrons. The van der Waals surface area contributed by atoms with Gasteiger partial charge in [0.1, 0.15) is 5.75 Å². The van der Waals surface area contributed by atoms with Crippen molar-refractivity contribution in [2.24, 2.45) is 0 Å². The zero-order valence-corrected chi connectivity index (χ0v) is 12.7. The predicted octanol–water partition coefficient (Wildman–Crippen LogP) is 2.40. The minimum absolute atomic E-state index is 0.118. The smallest absolute Gasteiger partial charge is 0.337 e. The average molecular weight is 330 g/mol. The van der Waals surface area contributed by atoms with Crippen molar-refractivity contribution < 1.29 is 24.0 Å². The van der Waals surface area contributed by atoms with E-state index in [-0.39, 0.29) is 12.3 Å². The Kier molecular flexibility index (Phi) is 5.45. The number of amides is 1. The van der Waals surface area contributed by atoms with Gasteiger partial charge in [-0.05, 0) is 30.3 Å². The highest BCUT2D eigenvalue weighted by molar-refractivity contribution is 5.92. The molecular formula is C16H14N2O6. The number of hydrogen-bond acceptors (Lipinski definition) is 6. The molecule has 0 aliphatic rings. The first-order valence-electron chi connectivity index (χ1n) is 6.85. The van der Waals surface area contributed by atoms with E-state index < -0.39 is 16.8 Å². The van der Waals surface area contributed by atoms with Crippen molar-refractivity contribution >= 4 is 23.3 Å². The highest BCUT2D eigenvalue weighted by Gasteiger charge is 2.09. The van der Waals surface area contributed by atoms with Crippen molar-refractivity contribution in [2.75, 3.05) is 19.0 Å². The van der Waals surface area contributed by atoms with Gasteiger partial charge in [0.25, 0.3) is 11.6 Å². The van der Waals surface area contributed by atoms with Crippen molar-refractivity contribution in [3.05, 3.63) is 64.2 Å². The minimum atomic E-state index is -0.547. The van der Waals surface area contributed by atoms with E-state index in [1.807, 2.05) is 0 Å². The Labute approximate surface area is 137 Å². The largest absolute Gasteiger partial charge is 0.484 e. The number of carbonyl (C=O) groups excluding carboxylic acids is 2. The van der Waals surface area contributed by atoms with Crippen LogP contribution in [-0.4, -0.2) is 30.5 Å². The van der Waals surface area contributed by atoms with Crippen LogP contribution in [0, 0.1) is 10.1 Å². The van der Waals surface area contributed by atoms with Gasteiger partial charge in [-0.3, -0.25) is 14.9 Å². The van der Waals surface area contributed by atoms with Crippen molar-refractivity contribution in [3.63, 3.8) is 0 Å². The van der Waals surface area contributed by atoms with Gasteiger partial charge in [0.05, 0.1) is 17.6 Å².